The van der Waals surface area contributed by atoms with Crippen molar-refractivity contribution in [1.82, 2.24) is 5.32 Å². The van der Waals surface area contributed by atoms with E-state index >= 15 is 0 Å². The lowest BCUT2D eigenvalue weighted by atomic mass is 9.79. The van der Waals surface area contributed by atoms with Crippen LogP contribution in [0.25, 0.3) is 0 Å². The lowest BCUT2D eigenvalue weighted by Crippen LogP contribution is -2.47. The van der Waals surface area contributed by atoms with Gasteiger partial charge in [-0.25, -0.2) is 8.78 Å². The van der Waals surface area contributed by atoms with Crippen LogP contribution in [-0.2, 0) is 9.53 Å². The molecule has 96 valence electrons. The summed E-state index contributed by atoms with van der Waals surface area (Å²) in [5.41, 5.74) is 1.01. The maximum absolute atomic E-state index is 13.3. The highest BCUT2D eigenvalue weighted by molar-refractivity contribution is 5.76. The number of esters is 1. The molecule has 2 atom stereocenters. The van der Waals surface area contributed by atoms with Gasteiger partial charge in [-0.15, -0.1) is 0 Å². The number of ether oxygens (including phenoxy) is 1. The molecule has 1 aliphatic carbocycles. The SMILES string of the molecule is CCOC(=O)C1CC2CC(F)(F)CC=C2CN1. The van der Waals surface area contributed by atoms with Crippen LogP contribution in [0.15, 0.2) is 11.6 Å². The van der Waals surface area contributed by atoms with Crippen molar-refractivity contribution in [2.45, 2.75) is 38.2 Å². The summed E-state index contributed by atoms with van der Waals surface area (Å²) in [7, 11) is 0. The summed E-state index contributed by atoms with van der Waals surface area (Å²) >= 11 is 0. The van der Waals surface area contributed by atoms with Gasteiger partial charge in [-0.1, -0.05) is 11.6 Å². The number of piperidine rings is 1. The van der Waals surface area contributed by atoms with Crippen LogP contribution in [-0.4, -0.2) is 31.1 Å². The van der Waals surface area contributed by atoms with E-state index in [0.29, 0.717) is 19.6 Å². The number of nitrogens with one attached hydrogen (secondary N) is 1. The maximum Gasteiger partial charge on any atom is 0.323 e. The molecule has 1 saturated heterocycles. The van der Waals surface area contributed by atoms with Gasteiger partial charge in [0.2, 0.25) is 0 Å². The van der Waals surface area contributed by atoms with Crippen LogP contribution in [0, 0.1) is 5.92 Å². The third-order valence-corrected chi connectivity index (χ3v) is 3.38. The van der Waals surface area contributed by atoms with Gasteiger partial charge in [-0.2, -0.15) is 0 Å². The van der Waals surface area contributed by atoms with Gasteiger partial charge in [0.25, 0.3) is 5.92 Å². The Morgan fingerprint density at radius 1 is 1.65 bits per heavy atom. The molecule has 0 aromatic carbocycles. The van der Waals surface area contributed by atoms with Crippen LogP contribution in [0.1, 0.15) is 26.2 Å². The van der Waals surface area contributed by atoms with Crippen LogP contribution in [0.5, 0.6) is 0 Å². The molecule has 1 aliphatic heterocycles. The first-order chi connectivity index (χ1) is 8.02. The van der Waals surface area contributed by atoms with Crippen molar-refractivity contribution in [3.8, 4) is 0 Å². The molecule has 3 nitrogen and oxygen atoms in total. The number of hydrogen-bond acceptors (Lipinski definition) is 3. The Morgan fingerprint density at radius 3 is 3.12 bits per heavy atom. The summed E-state index contributed by atoms with van der Waals surface area (Å²) in [5.74, 6) is -3.14. The van der Waals surface area contributed by atoms with E-state index in [-0.39, 0.29) is 24.7 Å². The second-order valence-electron chi connectivity index (χ2n) is 4.66. The average Bonchev–Trinajstić information content (AvgIpc) is 2.27. The van der Waals surface area contributed by atoms with Crippen molar-refractivity contribution in [2.24, 2.45) is 5.92 Å². The lowest BCUT2D eigenvalue weighted by Gasteiger charge is -2.36. The summed E-state index contributed by atoms with van der Waals surface area (Å²) in [4.78, 5) is 11.5. The Hall–Kier alpha value is -0.970. The van der Waals surface area contributed by atoms with E-state index in [1.54, 1.807) is 13.0 Å². The zero-order chi connectivity index (χ0) is 12.5. The van der Waals surface area contributed by atoms with Crippen molar-refractivity contribution in [2.75, 3.05) is 13.2 Å². The highest BCUT2D eigenvalue weighted by Crippen LogP contribution is 2.39. The summed E-state index contributed by atoms with van der Waals surface area (Å²) in [5, 5.41) is 3.04. The van der Waals surface area contributed by atoms with E-state index in [1.165, 1.54) is 0 Å². The molecule has 0 bridgehead atoms. The van der Waals surface area contributed by atoms with Gasteiger partial charge in [-0.3, -0.25) is 4.79 Å². The third-order valence-electron chi connectivity index (χ3n) is 3.38. The van der Waals surface area contributed by atoms with E-state index in [1.807, 2.05) is 0 Å². The van der Waals surface area contributed by atoms with Crippen molar-refractivity contribution < 1.29 is 18.3 Å². The second-order valence-corrected chi connectivity index (χ2v) is 4.66. The first kappa shape index (κ1) is 12.5. The zero-order valence-corrected chi connectivity index (χ0v) is 9.84. The zero-order valence-electron chi connectivity index (χ0n) is 9.84. The van der Waals surface area contributed by atoms with Crippen molar-refractivity contribution in [3.63, 3.8) is 0 Å². The summed E-state index contributed by atoms with van der Waals surface area (Å²) in [6, 6.07) is -0.439. The molecule has 0 spiro atoms. The van der Waals surface area contributed by atoms with E-state index < -0.39 is 12.0 Å². The smallest absolute Gasteiger partial charge is 0.323 e. The minimum absolute atomic E-state index is 0.142. The minimum atomic E-state index is -2.62. The van der Waals surface area contributed by atoms with E-state index in [9.17, 15) is 13.6 Å². The fourth-order valence-electron chi connectivity index (χ4n) is 2.50. The van der Waals surface area contributed by atoms with Crippen LogP contribution in [0.3, 0.4) is 0 Å². The highest BCUT2D eigenvalue weighted by Gasteiger charge is 2.41. The van der Waals surface area contributed by atoms with E-state index in [4.69, 9.17) is 4.74 Å². The Bertz CT molecular complexity index is 341. The third kappa shape index (κ3) is 2.83. The number of alkyl halides is 2. The van der Waals surface area contributed by atoms with Crippen LogP contribution in [0.4, 0.5) is 8.78 Å². The van der Waals surface area contributed by atoms with Gasteiger partial charge in [0.15, 0.2) is 0 Å². The fourth-order valence-corrected chi connectivity index (χ4v) is 2.50. The van der Waals surface area contributed by atoms with Gasteiger partial charge in [0, 0.05) is 19.4 Å². The van der Waals surface area contributed by atoms with E-state index in [2.05, 4.69) is 5.32 Å². The molecular weight excluding hydrogens is 228 g/mol. The number of rotatable bonds is 2. The van der Waals surface area contributed by atoms with Gasteiger partial charge in [0.1, 0.15) is 6.04 Å². The summed E-state index contributed by atoms with van der Waals surface area (Å²) in [6.45, 7) is 2.57. The maximum atomic E-state index is 13.3. The quantitative estimate of drug-likeness (QED) is 0.596. The van der Waals surface area contributed by atoms with Gasteiger partial charge in [-0.05, 0) is 19.3 Å². The van der Waals surface area contributed by atoms with Crippen LogP contribution < -0.4 is 5.32 Å². The van der Waals surface area contributed by atoms with Crippen molar-refractivity contribution in [1.29, 1.82) is 0 Å². The predicted octanol–water partition coefficient (Wildman–Crippen LogP) is 1.88. The molecule has 0 aromatic rings. The van der Waals surface area contributed by atoms with E-state index in [0.717, 1.165) is 5.57 Å². The topological polar surface area (TPSA) is 38.3 Å². The van der Waals surface area contributed by atoms with Crippen molar-refractivity contribution in [3.05, 3.63) is 11.6 Å². The molecule has 2 aliphatic rings. The summed E-state index contributed by atoms with van der Waals surface area (Å²) in [6.07, 6.45) is 1.71. The van der Waals surface area contributed by atoms with Crippen LogP contribution in [0.2, 0.25) is 0 Å². The van der Waals surface area contributed by atoms with Gasteiger partial charge in [0.05, 0.1) is 6.61 Å². The first-order valence-corrected chi connectivity index (χ1v) is 5.98. The molecule has 1 N–H and O–H groups in total. The standard InChI is InChI=1S/C12H17F2NO2/c1-2-17-11(16)10-5-9-6-12(13,14)4-3-8(9)7-15-10/h3,9-10,15H,2,4-7H2,1H3. The van der Waals surface area contributed by atoms with Gasteiger partial charge < -0.3 is 10.1 Å². The number of fused-ring (bicyclic) bond motifs is 1. The molecule has 1 heterocycles. The normalized spacial score (nSPS) is 31.4. The number of allylic oxidation sites excluding steroid dienone is 1. The van der Waals surface area contributed by atoms with Crippen molar-refractivity contribution >= 4 is 5.97 Å². The highest BCUT2D eigenvalue weighted by atomic mass is 19.3. The number of hydrogen-bond donors (Lipinski definition) is 1. The summed E-state index contributed by atoms with van der Waals surface area (Å²) < 4.78 is 31.4. The number of carbonyl (C=O) groups excluding carboxylic acids is 1. The molecule has 2 rings (SSSR count). The Balaban J connectivity index is 2.01. The first-order valence-electron chi connectivity index (χ1n) is 5.98. The molecule has 5 heteroatoms. The molecule has 0 radical (unpaired) electrons. The molecule has 2 unspecified atom stereocenters. The molecule has 0 aromatic heterocycles. The lowest BCUT2D eigenvalue weighted by molar-refractivity contribution is -0.146. The molecule has 1 fully saturated rings. The Labute approximate surface area is 99.2 Å². The molecule has 0 saturated carbocycles. The number of carbonyl (C=O) groups is 1. The Kier molecular flexibility index (Phi) is 3.47. The predicted molar refractivity (Wildman–Crippen MR) is 58.8 cm³/mol. The fraction of sp³-hybridized carbons (Fsp3) is 0.750. The molecular formula is C12H17F2NO2. The monoisotopic (exact) mass is 245 g/mol. The largest absolute Gasteiger partial charge is 0.465 e. The molecule has 0 amide bonds. The number of halogens is 2. The average molecular weight is 245 g/mol. The second kappa shape index (κ2) is 4.72. The van der Waals surface area contributed by atoms with Gasteiger partial charge >= 0.3 is 5.97 Å². The molecule has 17 heavy (non-hydrogen) atoms. The Morgan fingerprint density at radius 2 is 2.41 bits per heavy atom. The minimum Gasteiger partial charge on any atom is -0.465 e. The van der Waals surface area contributed by atoms with Crippen LogP contribution >= 0.6 is 0 Å².